The Labute approximate surface area is 135 Å². The van der Waals surface area contributed by atoms with E-state index in [1.165, 1.54) is 0 Å². The smallest absolute Gasteiger partial charge is 0.410 e. The van der Waals surface area contributed by atoms with Crippen LogP contribution in [0.4, 0.5) is 4.79 Å². The summed E-state index contributed by atoms with van der Waals surface area (Å²) in [6, 6.07) is 0. The molecule has 0 aromatic carbocycles. The first-order valence-electron chi connectivity index (χ1n) is 7.95. The molecule has 6 heteroatoms. The lowest BCUT2D eigenvalue weighted by Crippen LogP contribution is -2.49. The molecule has 0 spiro atoms. The topological polar surface area (TPSA) is 66.0 Å². The van der Waals surface area contributed by atoms with Crippen LogP contribution in [0.1, 0.15) is 54.9 Å². The van der Waals surface area contributed by atoms with E-state index in [9.17, 15) is 4.79 Å². The van der Waals surface area contributed by atoms with Gasteiger partial charge in [0, 0.05) is 32.2 Å². The van der Waals surface area contributed by atoms with Crippen molar-refractivity contribution in [3.63, 3.8) is 0 Å². The number of aliphatic imine (C=N–C) groups is 1. The molecule has 0 aliphatic heterocycles. The van der Waals surface area contributed by atoms with Crippen LogP contribution < -0.4 is 10.6 Å². The molecule has 0 aromatic heterocycles. The van der Waals surface area contributed by atoms with Gasteiger partial charge in [0.05, 0.1) is 0 Å². The predicted octanol–water partition coefficient (Wildman–Crippen LogP) is 2.60. The molecular weight excluding hydrogens is 280 g/mol. The summed E-state index contributed by atoms with van der Waals surface area (Å²) in [5.74, 6) is 0.730. The second kappa shape index (κ2) is 8.86. The molecule has 0 fully saturated rings. The van der Waals surface area contributed by atoms with E-state index in [4.69, 9.17) is 4.74 Å². The van der Waals surface area contributed by atoms with Gasteiger partial charge in [0.25, 0.3) is 0 Å². The Morgan fingerprint density at radius 1 is 1.14 bits per heavy atom. The Morgan fingerprint density at radius 2 is 1.73 bits per heavy atom. The van der Waals surface area contributed by atoms with Gasteiger partial charge < -0.3 is 20.3 Å². The van der Waals surface area contributed by atoms with Crippen LogP contribution in [-0.4, -0.2) is 54.8 Å². The van der Waals surface area contributed by atoms with E-state index in [1.54, 1.807) is 11.9 Å². The first-order valence-corrected chi connectivity index (χ1v) is 7.95. The highest BCUT2D eigenvalue weighted by Gasteiger charge is 2.21. The zero-order valence-electron chi connectivity index (χ0n) is 15.5. The van der Waals surface area contributed by atoms with Crippen molar-refractivity contribution in [2.24, 2.45) is 4.99 Å². The lowest BCUT2D eigenvalue weighted by molar-refractivity contribution is 0.0253. The molecule has 22 heavy (non-hydrogen) atoms. The normalized spacial score (nSPS) is 12.8. The highest BCUT2D eigenvalue weighted by atomic mass is 16.6. The molecule has 0 aromatic rings. The summed E-state index contributed by atoms with van der Waals surface area (Å²) in [7, 11) is 1.73. The van der Waals surface area contributed by atoms with E-state index < -0.39 is 5.60 Å². The van der Waals surface area contributed by atoms with E-state index in [2.05, 4.69) is 36.4 Å². The molecular formula is C16H34N4O2. The average molecular weight is 314 g/mol. The fourth-order valence-corrected chi connectivity index (χ4v) is 1.73. The lowest BCUT2D eigenvalue weighted by Gasteiger charge is -2.28. The van der Waals surface area contributed by atoms with Crippen LogP contribution in [0, 0.1) is 0 Å². The van der Waals surface area contributed by atoms with Crippen LogP contribution in [0.5, 0.6) is 0 Å². The van der Waals surface area contributed by atoms with Crippen molar-refractivity contribution in [2.75, 3.05) is 26.7 Å². The van der Waals surface area contributed by atoms with Gasteiger partial charge in [0.2, 0.25) is 0 Å². The molecule has 0 unspecified atom stereocenters. The molecule has 0 aliphatic carbocycles. The number of guanidine groups is 1. The second-order valence-corrected chi connectivity index (χ2v) is 7.34. The molecule has 0 saturated heterocycles. The van der Waals surface area contributed by atoms with Gasteiger partial charge in [0.15, 0.2) is 5.96 Å². The third-order valence-corrected chi connectivity index (χ3v) is 2.54. The van der Waals surface area contributed by atoms with Crippen LogP contribution in [0.25, 0.3) is 0 Å². The zero-order valence-corrected chi connectivity index (χ0v) is 15.5. The minimum atomic E-state index is -0.472. The van der Waals surface area contributed by atoms with E-state index in [1.807, 2.05) is 27.7 Å². The van der Waals surface area contributed by atoms with Crippen molar-refractivity contribution in [1.29, 1.82) is 0 Å². The van der Waals surface area contributed by atoms with Gasteiger partial charge in [-0.3, -0.25) is 4.99 Å². The van der Waals surface area contributed by atoms with Crippen molar-refractivity contribution in [3.8, 4) is 0 Å². The second-order valence-electron chi connectivity index (χ2n) is 7.34. The Kier molecular flexibility index (Phi) is 8.27. The van der Waals surface area contributed by atoms with Gasteiger partial charge in [-0.1, -0.05) is 6.92 Å². The summed E-state index contributed by atoms with van der Waals surface area (Å²) in [4.78, 5) is 18.1. The predicted molar refractivity (Wildman–Crippen MR) is 92.3 cm³/mol. The van der Waals surface area contributed by atoms with Gasteiger partial charge >= 0.3 is 6.09 Å². The number of ether oxygens (including phenoxy) is 1. The van der Waals surface area contributed by atoms with Gasteiger partial charge in [-0.05, 0) is 48.0 Å². The van der Waals surface area contributed by atoms with Gasteiger partial charge in [-0.25, -0.2) is 4.79 Å². The van der Waals surface area contributed by atoms with Crippen molar-refractivity contribution in [3.05, 3.63) is 0 Å². The van der Waals surface area contributed by atoms with E-state index >= 15 is 0 Å². The molecule has 0 atom stereocenters. The number of rotatable bonds is 5. The van der Waals surface area contributed by atoms with Gasteiger partial charge in [0.1, 0.15) is 5.60 Å². The van der Waals surface area contributed by atoms with Crippen molar-refractivity contribution in [2.45, 2.75) is 66.0 Å². The van der Waals surface area contributed by atoms with Crippen molar-refractivity contribution >= 4 is 12.1 Å². The first-order chi connectivity index (χ1) is 9.98. The molecule has 0 bridgehead atoms. The summed E-state index contributed by atoms with van der Waals surface area (Å²) < 4.78 is 5.43. The Bertz CT molecular complexity index is 367. The molecule has 0 aliphatic rings. The molecule has 0 saturated carbocycles. The maximum absolute atomic E-state index is 12.2. The molecule has 130 valence electrons. The quantitative estimate of drug-likeness (QED) is 0.605. The highest BCUT2D eigenvalue weighted by molar-refractivity contribution is 5.80. The fraction of sp³-hybridized carbons (Fsp3) is 0.875. The largest absolute Gasteiger partial charge is 0.444 e. The summed E-state index contributed by atoms with van der Waals surface area (Å²) in [5.41, 5.74) is -0.531. The molecule has 0 heterocycles. The number of carbonyl (C=O) groups excluding carboxylic acids is 1. The maximum Gasteiger partial charge on any atom is 0.410 e. The third kappa shape index (κ3) is 10.3. The van der Waals surface area contributed by atoms with E-state index in [-0.39, 0.29) is 11.6 Å². The summed E-state index contributed by atoms with van der Waals surface area (Å²) in [6.07, 6.45) is 0.628. The molecule has 1 amide bonds. The Balaban J connectivity index is 4.44. The highest BCUT2D eigenvalue weighted by Crippen LogP contribution is 2.10. The molecule has 0 rings (SSSR count). The molecule has 6 nitrogen and oxygen atoms in total. The minimum Gasteiger partial charge on any atom is -0.444 e. The summed E-state index contributed by atoms with van der Waals surface area (Å²) in [6.45, 7) is 15.8. The number of nitrogens with zero attached hydrogens (tertiary/aromatic N) is 2. The van der Waals surface area contributed by atoms with Crippen molar-refractivity contribution in [1.82, 2.24) is 15.5 Å². The molecule has 2 N–H and O–H groups in total. The van der Waals surface area contributed by atoms with Crippen molar-refractivity contribution < 1.29 is 9.53 Å². The average Bonchev–Trinajstić information content (AvgIpc) is 2.32. The Hall–Kier alpha value is -1.46. The van der Waals surface area contributed by atoms with Crippen LogP contribution in [0.15, 0.2) is 4.99 Å². The zero-order chi connectivity index (χ0) is 17.4. The third-order valence-electron chi connectivity index (χ3n) is 2.54. The number of carbonyl (C=O) groups is 1. The Morgan fingerprint density at radius 3 is 2.14 bits per heavy atom. The maximum atomic E-state index is 12.2. The molecule has 0 radical (unpaired) electrons. The standard InChI is InChI=1S/C16H34N4O2/c1-9-11-20(14(21)22-16(5,6)7)12-10-18-13(17-8)19-15(2,3)4/h9-12H2,1-8H3,(H2,17,18,19). The SMILES string of the molecule is CCCN(CCNC(=NC)NC(C)(C)C)C(=O)OC(C)(C)C. The summed E-state index contributed by atoms with van der Waals surface area (Å²) >= 11 is 0. The van der Waals surface area contributed by atoms with E-state index in [0.29, 0.717) is 19.6 Å². The summed E-state index contributed by atoms with van der Waals surface area (Å²) in [5, 5.41) is 6.51. The van der Waals surface area contributed by atoms with Crippen LogP contribution in [0.3, 0.4) is 0 Å². The number of hydrogen-bond donors (Lipinski definition) is 2. The number of amides is 1. The van der Waals surface area contributed by atoms with E-state index in [0.717, 1.165) is 12.4 Å². The number of nitrogens with one attached hydrogen (secondary N) is 2. The van der Waals surface area contributed by atoms with Crippen LogP contribution >= 0.6 is 0 Å². The lowest BCUT2D eigenvalue weighted by atomic mass is 10.1. The monoisotopic (exact) mass is 314 g/mol. The first kappa shape index (κ1) is 20.5. The fourth-order valence-electron chi connectivity index (χ4n) is 1.73. The van der Waals surface area contributed by atoms with Gasteiger partial charge in [-0.2, -0.15) is 0 Å². The van der Waals surface area contributed by atoms with Crippen LogP contribution in [0.2, 0.25) is 0 Å². The van der Waals surface area contributed by atoms with Crippen LogP contribution in [-0.2, 0) is 4.74 Å². The number of hydrogen-bond acceptors (Lipinski definition) is 3. The van der Waals surface area contributed by atoms with Gasteiger partial charge in [-0.15, -0.1) is 0 Å². The minimum absolute atomic E-state index is 0.0594.